The van der Waals surface area contributed by atoms with Crippen LogP contribution >= 0.6 is 35.6 Å². The van der Waals surface area contributed by atoms with Crippen molar-refractivity contribution in [1.82, 2.24) is 5.32 Å². The van der Waals surface area contributed by atoms with Crippen molar-refractivity contribution < 1.29 is 9.47 Å². The molecule has 2 rings (SSSR count). The van der Waals surface area contributed by atoms with Crippen LogP contribution in [0.2, 0.25) is 10.0 Å². The average molecular weight is 377 g/mol. The van der Waals surface area contributed by atoms with Crippen LogP contribution in [0.3, 0.4) is 0 Å². The molecule has 0 aliphatic heterocycles. The van der Waals surface area contributed by atoms with E-state index in [0.29, 0.717) is 28.2 Å². The largest absolute Gasteiger partial charge is 0.493 e. The van der Waals surface area contributed by atoms with E-state index in [2.05, 4.69) is 12.2 Å². The van der Waals surface area contributed by atoms with E-state index in [1.54, 1.807) is 19.2 Å². The summed E-state index contributed by atoms with van der Waals surface area (Å²) in [7, 11) is 1.63. The van der Waals surface area contributed by atoms with E-state index in [-0.39, 0.29) is 12.4 Å². The van der Waals surface area contributed by atoms with Gasteiger partial charge in [0.1, 0.15) is 6.61 Å². The molecule has 3 nitrogen and oxygen atoms in total. The Labute approximate surface area is 153 Å². The first-order valence-electron chi connectivity index (χ1n) is 7.08. The van der Waals surface area contributed by atoms with Gasteiger partial charge in [0.25, 0.3) is 0 Å². The van der Waals surface area contributed by atoms with Crippen LogP contribution in [0.25, 0.3) is 0 Å². The van der Waals surface area contributed by atoms with Crippen LogP contribution in [0.5, 0.6) is 11.5 Å². The molecule has 126 valence electrons. The first-order chi connectivity index (χ1) is 10.6. The Hall–Kier alpha value is -1.13. The molecule has 0 unspecified atom stereocenters. The van der Waals surface area contributed by atoms with E-state index in [1.807, 2.05) is 24.3 Å². The van der Waals surface area contributed by atoms with Gasteiger partial charge >= 0.3 is 0 Å². The third-order valence-electron chi connectivity index (χ3n) is 3.21. The average Bonchev–Trinajstić information content (AvgIpc) is 2.52. The molecule has 2 aromatic rings. The summed E-state index contributed by atoms with van der Waals surface area (Å²) >= 11 is 12.0. The Morgan fingerprint density at radius 3 is 2.48 bits per heavy atom. The lowest BCUT2D eigenvalue weighted by atomic mass is 10.2. The maximum absolute atomic E-state index is 6.15. The minimum atomic E-state index is 0. The zero-order valence-corrected chi connectivity index (χ0v) is 15.4. The molecule has 2 aromatic carbocycles. The molecule has 0 bridgehead atoms. The second-order valence-electron chi connectivity index (χ2n) is 4.79. The molecule has 0 amide bonds. The molecule has 0 aromatic heterocycles. The Morgan fingerprint density at radius 1 is 1.04 bits per heavy atom. The third kappa shape index (κ3) is 5.78. The third-order valence-corrected chi connectivity index (χ3v) is 3.79. The molecule has 1 N–H and O–H groups in total. The number of ether oxygens (including phenoxy) is 2. The van der Waals surface area contributed by atoms with Gasteiger partial charge in [0, 0.05) is 22.2 Å². The van der Waals surface area contributed by atoms with Crippen molar-refractivity contribution in [3.8, 4) is 11.5 Å². The van der Waals surface area contributed by atoms with E-state index in [4.69, 9.17) is 32.7 Å². The van der Waals surface area contributed by atoms with Gasteiger partial charge in [0.15, 0.2) is 11.5 Å². The molecule has 6 heteroatoms. The van der Waals surface area contributed by atoms with Crippen molar-refractivity contribution in [3.05, 3.63) is 57.6 Å². The van der Waals surface area contributed by atoms with E-state index >= 15 is 0 Å². The van der Waals surface area contributed by atoms with Crippen molar-refractivity contribution in [2.45, 2.75) is 20.1 Å². The summed E-state index contributed by atoms with van der Waals surface area (Å²) in [5, 5.41) is 4.48. The number of hydrogen-bond acceptors (Lipinski definition) is 3. The number of nitrogens with one attached hydrogen (secondary N) is 1. The van der Waals surface area contributed by atoms with Crippen LogP contribution in [-0.4, -0.2) is 13.7 Å². The number of halogens is 3. The molecule has 0 saturated carbocycles. The molecule has 23 heavy (non-hydrogen) atoms. The normalized spacial score (nSPS) is 10.1. The summed E-state index contributed by atoms with van der Waals surface area (Å²) in [6.45, 7) is 4.16. The topological polar surface area (TPSA) is 30.5 Å². The quantitative estimate of drug-likeness (QED) is 0.728. The summed E-state index contributed by atoms with van der Waals surface area (Å²) in [5.41, 5.74) is 2.03. The fourth-order valence-corrected chi connectivity index (χ4v) is 2.47. The lowest BCUT2D eigenvalue weighted by Gasteiger charge is -2.13. The highest BCUT2D eigenvalue weighted by molar-refractivity contribution is 6.35. The van der Waals surface area contributed by atoms with Gasteiger partial charge < -0.3 is 14.8 Å². The van der Waals surface area contributed by atoms with Crippen LogP contribution in [0.4, 0.5) is 0 Å². The molecule has 0 saturated heterocycles. The predicted molar refractivity (Wildman–Crippen MR) is 98.4 cm³/mol. The highest BCUT2D eigenvalue weighted by atomic mass is 35.5. The first-order valence-corrected chi connectivity index (χ1v) is 7.84. The van der Waals surface area contributed by atoms with Gasteiger partial charge in [-0.05, 0) is 36.4 Å². The Balaban J connectivity index is 0.00000264. The molecule has 0 aliphatic carbocycles. The Morgan fingerprint density at radius 2 is 1.83 bits per heavy atom. The minimum Gasteiger partial charge on any atom is -0.493 e. The fourth-order valence-electron chi connectivity index (χ4n) is 2.00. The summed E-state index contributed by atoms with van der Waals surface area (Å²) < 4.78 is 11.2. The summed E-state index contributed by atoms with van der Waals surface area (Å²) in [6.07, 6.45) is 0. The van der Waals surface area contributed by atoms with E-state index in [1.165, 1.54) is 0 Å². The van der Waals surface area contributed by atoms with Gasteiger partial charge in [-0.15, -0.1) is 12.4 Å². The number of hydrogen-bond donors (Lipinski definition) is 1. The van der Waals surface area contributed by atoms with Gasteiger partial charge in [-0.25, -0.2) is 0 Å². The molecule has 0 fully saturated rings. The molecule has 0 heterocycles. The van der Waals surface area contributed by atoms with Crippen molar-refractivity contribution >= 4 is 35.6 Å². The Bertz CT molecular complexity index is 635. The summed E-state index contributed by atoms with van der Waals surface area (Å²) in [6, 6.07) is 11.3. The SMILES string of the molecule is CCNCc1ccc(OCc2ccc(Cl)cc2Cl)c(OC)c1.Cl. The van der Waals surface area contributed by atoms with Crippen molar-refractivity contribution in [2.24, 2.45) is 0 Å². The molecule has 0 aliphatic rings. The standard InChI is InChI=1S/C17H19Cl2NO2.ClH/c1-3-20-10-12-4-7-16(17(8-12)21-2)22-11-13-5-6-14(18)9-15(13)19;/h4-9,20H,3,10-11H2,1-2H3;1H. The summed E-state index contributed by atoms with van der Waals surface area (Å²) in [5.74, 6) is 1.40. The van der Waals surface area contributed by atoms with Crippen molar-refractivity contribution in [3.63, 3.8) is 0 Å². The number of rotatable bonds is 7. The lowest BCUT2D eigenvalue weighted by molar-refractivity contribution is 0.284. The highest BCUT2D eigenvalue weighted by Crippen LogP contribution is 2.30. The molecular weight excluding hydrogens is 357 g/mol. The lowest BCUT2D eigenvalue weighted by Crippen LogP contribution is -2.11. The highest BCUT2D eigenvalue weighted by Gasteiger charge is 2.08. The van der Waals surface area contributed by atoms with Gasteiger partial charge in [0.2, 0.25) is 0 Å². The van der Waals surface area contributed by atoms with E-state index < -0.39 is 0 Å². The predicted octanol–water partition coefficient (Wildman–Crippen LogP) is 5.11. The Kier molecular flexibility index (Phi) is 8.56. The molecule has 0 atom stereocenters. The van der Waals surface area contributed by atoms with E-state index in [0.717, 1.165) is 24.2 Å². The smallest absolute Gasteiger partial charge is 0.161 e. The second-order valence-corrected chi connectivity index (χ2v) is 5.63. The monoisotopic (exact) mass is 375 g/mol. The van der Waals surface area contributed by atoms with Gasteiger partial charge in [-0.3, -0.25) is 0 Å². The zero-order chi connectivity index (χ0) is 15.9. The molecule has 0 spiro atoms. The number of methoxy groups -OCH3 is 1. The van der Waals surface area contributed by atoms with Crippen LogP contribution in [0.1, 0.15) is 18.1 Å². The second kappa shape index (κ2) is 9.89. The summed E-state index contributed by atoms with van der Waals surface area (Å²) in [4.78, 5) is 0. The van der Waals surface area contributed by atoms with Gasteiger partial charge in [0.05, 0.1) is 7.11 Å². The van der Waals surface area contributed by atoms with E-state index in [9.17, 15) is 0 Å². The van der Waals surface area contributed by atoms with Gasteiger partial charge in [-0.2, -0.15) is 0 Å². The van der Waals surface area contributed by atoms with Crippen LogP contribution in [0, 0.1) is 0 Å². The zero-order valence-electron chi connectivity index (χ0n) is 13.1. The van der Waals surface area contributed by atoms with Crippen LogP contribution in [0.15, 0.2) is 36.4 Å². The maximum Gasteiger partial charge on any atom is 0.161 e. The van der Waals surface area contributed by atoms with Crippen molar-refractivity contribution in [2.75, 3.05) is 13.7 Å². The number of benzene rings is 2. The fraction of sp³-hybridized carbons (Fsp3) is 0.294. The molecular formula is C17H20Cl3NO2. The van der Waals surface area contributed by atoms with Gasteiger partial charge in [-0.1, -0.05) is 42.3 Å². The van der Waals surface area contributed by atoms with Crippen LogP contribution in [-0.2, 0) is 13.2 Å². The van der Waals surface area contributed by atoms with Crippen LogP contribution < -0.4 is 14.8 Å². The molecule has 0 radical (unpaired) electrons. The maximum atomic E-state index is 6.15. The minimum absolute atomic E-state index is 0. The van der Waals surface area contributed by atoms with Crippen molar-refractivity contribution in [1.29, 1.82) is 0 Å². The first kappa shape index (κ1) is 19.9.